The smallest absolute Gasteiger partial charge is 0.182 e. The SMILES string of the molecule is CN(c1ccc2nc(N)sc2n1)c1ccc(Cl)cc1F. The predicted molar refractivity (Wildman–Crippen MR) is 81.3 cm³/mol. The second kappa shape index (κ2) is 4.88. The van der Waals surface area contributed by atoms with Gasteiger partial charge in [0.2, 0.25) is 0 Å². The molecule has 1 aromatic carbocycles. The van der Waals surface area contributed by atoms with Crippen LogP contribution in [0.4, 0.5) is 21.0 Å². The first-order valence-electron chi connectivity index (χ1n) is 5.76. The second-order valence-corrected chi connectivity index (χ2v) is 5.65. The van der Waals surface area contributed by atoms with Crippen LogP contribution in [0.2, 0.25) is 5.02 Å². The number of hydrogen-bond donors (Lipinski definition) is 1. The number of aromatic nitrogens is 2. The fraction of sp³-hybridized carbons (Fsp3) is 0.0769. The molecule has 0 radical (unpaired) electrons. The first kappa shape index (κ1) is 13.1. The number of nitrogens with zero attached hydrogens (tertiary/aromatic N) is 3. The predicted octanol–water partition coefficient (Wildman–Crippen LogP) is 3.83. The van der Waals surface area contributed by atoms with Gasteiger partial charge in [0.1, 0.15) is 22.0 Å². The van der Waals surface area contributed by atoms with E-state index in [1.54, 1.807) is 30.1 Å². The highest BCUT2D eigenvalue weighted by Crippen LogP contribution is 2.30. The zero-order valence-corrected chi connectivity index (χ0v) is 12.0. The minimum absolute atomic E-state index is 0.360. The Bertz CT molecular complexity index is 789. The van der Waals surface area contributed by atoms with Crippen LogP contribution in [0.15, 0.2) is 30.3 Å². The molecule has 3 rings (SSSR count). The van der Waals surface area contributed by atoms with Gasteiger partial charge >= 0.3 is 0 Å². The van der Waals surface area contributed by atoms with Crippen LogP contribution in [0.25, 0.3) is 10.3 Å². The Hall–Kier alpha value is -1.92. The van der Waals surface area contributed by atoms with E-state index in [-0.39, 0.29) is 0 Å². The summed E-state index contributed by atoms with van der Waals surface area (Å²) < 4.78 is 13.9. The molecule has 0 aliphatic carbocycles. The van der Waals surface area contributed by atoms with Crippen LogP contribution < -0.4 is 10.6 Å². The molecule has 3 aromatic rings. The quantitative estimate of drug-likeness (QED) is 0.781. The summed E-state index contributed by atoms with van der Waals surface area (Å²) in [5, 5.41) is 0.822. The van der Waals surface area contributed by atoms with Gasteiger partial charge in [0.15, 0.2) is 5.13 Å². The molecule has 2 heterocycles. The number of thiazole rings is 1. The van der Waals surface area contributed by atoms with E-state index in [2.05, 4.69) is 9.97 Å². The largest absolute Gasteiger partial charge is 0.375 e. The molecule has 0 aliphatic rings. The molecule has 0 spiro atoms. The zero-order valence-electron chi connectivity index (χ0n) is 10.5. The van der Waals surface area contributed by atoms with E-state index in [1.165, 1.54) is 17.4 Å². The molecule has 0 aliphatic heterocycles. The highest BCUT2D eigenvalue weighted by Gasteiger charge is 2.12. The van der Waals surface area contributed by atoms with E-state index < -0.39 is 5.82 Å². The Morgan fingerprint density at radius 3 is 2.80 bits per heavy atom. The summed E-state index contributed by atoms with van der Waals surface area (Å²) in [6, 6.07) is 8.12. The van der Waals surface area contributed by atoms with E-state index >= 15 is 0 Å². The van der Waals surface area contributed by atoms with Crippen molar-refractivity contribution in [1.82, 2.24) is 9.97 Å². The van der Waals surface area contributed by atoms with Crippen molar-refractivity contribution in [3.05, 3.63) is 41.2 Å². The molecule has 102 valence electrons. The van der Waals surface area contributed by atoms with Gasteiger partial charge in [-0.3, -0.25) is 0 Å². The average molecular weight is 309 g/mol. The molecule has 0 unspecified atom stereocenters. The number of nitrogens with two attached hydrogens (primary N) is 1. The van der Waals surface area contributed by atoms with Crippen molar-refractivity contribution >= 4 is 49.9 Å². The van der Waals surface area contributed by atoms with E-state index in [0.717, 1.165) is 10.3 Å². The normalized spacial score (nSPS) is 10.9. The monoisotopic (exact) mass is 308 g/mol. The third kappa shape index (κ3) is 2.28. The maximum absolute atomic E-state index is 13.9. The summed E-state index contributed by atoms with van der Waals surface area (Å²) in [7, 11) is 1.74. The number of nitrogen functional groups attached to an aromatic ring is 1. The van der Waals surface area contributed by atoms with Crippen LogP contribution in [0.5, 0.6) is 0 Å². The Kier molecular flexibility index (Phi) is 3.19. The summed E-state index contributed by atoms with van der Waals surface area (Å²) in [5.41, 5.74) is 6.79. The van der Waals surface area contributed by atoms with E-state index in [0.29, 0.717) is 21.7 Å². The Balaban J connectivity index is 2.04. The van der Waals surface area contributed by atoms with E-state index in [4.69, 9.17) is 17.3 Å². The molecule has 4 nitrogen and oxygen atoms in total. The van der Waals surface area contributed by atoms with Crippen molar-refractivity contribution in [2.45, 2.75) is 0 Å². The Morgan fingerprint density at radius 1 is 1.25 bits per heavy atom. The van der Waals surface area contributed by atoms with Crippen LogP contribution in [-0.2, 0) is 0 Å². The maximum Gasteiger partial charge on any atom is 0.182 e. The summed E-state index contributed by atoms with van der Waals surface area (Å²) >= 11 is 7.05. The first-order chi connectivity index (χ1) is 9.54. The summed E-state index contributed by atoms with van der Waals surface area (Å²) in [6.07, 6.45) is 0. The van der Waals surface area contributed by atoms with Crippen molar-refractivity contribution in [3.8, 4) is 0 Å². The highest BCUT2D eigenvalue weighted by atomic mass is 35.5. The third-order valence-electron chi connectivity index (χ3n) is 2.87. The number of pyridine rings is 1. The number of benzene rings is 1. The van der Waals surface area contributed by atoms with Gasteiger partial charge in [-0.2, -0.15) is 0 Å². The molecular weight excluding hydrogens is 299 g/mol. The minimum Gasteiger partial charge on any atom is -0.375 e. The van der Waals surface area contributed by atoms with Crippen LogP contribution >= 0.6 is 22.9 Å². The summed E-state index contributed by atoms with van der Waals surface area (Å²) in [4.78, 5) is 11.0. The fourth-order valence-electron chi connectivity index (χ4n) is 1.89. The van der Waals surface area contributed by atoms with Crippen molar-refractivity contribution in [3.63, 3.8) is 0 Å². The fourth-order valence-corrected chi connectivity index (χ4v) is 2.75. The van der Waals surface area contributed by atoms with Gasteiger partial charge in [0.25, 0.3) is 0 Å². The zero-order chi connectivity index (χ0) is 14.3. The lowest BCUT2D eigenvalue weighted by Crippen LogP contribution is -2.12. The van der Waals surface area contributed by atoms with Crippen molar-refractivity contribution in [2.75, 3.05) is 17.7 Å². The molecule has 2 N–H and O–H groups in total. The minimum atomic E-state index is -0.397. The first-order valence-corrected chi connectivity index (χ1v) is 6.96. The van der Waals surface area contributed by atoms with Gasteiger partial charge in [-0.05, 0) is 30.3 Å². The molecule has 0 saturated heterocycles. The lowest BCUT2D eigenvalue weighted by atomic mass is 10.2. The standard InChI is InChI=1S/C13H10ClFN4S/c1-19(10-4-2-7(14)6-8(10)15)11-5-3-9-12(18-11)20-13(16)17-9/h2-6H,1H3,(H2,16,17). The van der Waals surface area contributed by atoms with Gasteiger partial charge in [0, 0.05) is 12.1 Å². The van der Waals surface area contributed by atoms with Crippen LogP contribution in [-0.4, -0.2) is 17.0 Å². The molecule has 7 heteroatoms. The topological polar surface area (TPSA) is 55.0 Å². The number of anilines is 3. The number of rotatable bonds is 2. The van der Waals surface area contributed by atoms with Gasteiger partial charge < -0.3 is 10.6 Å². The lowest BCUT2D eigenvalue weighted by molar-refractivity contribution is 0.627. The number of halogens is 2. The summed E-state index contributed by atoms with van der Waals surface area (Å²) in [6.45, 7) is 0. The van der Waals surface area contributed by atoms with Gasteiger partial charge in [0.05, 0.1) is 5.69 Å². The molecule has 2 aromatic heterocycles. The van der Waals surface area contributed by atoms with Crippen molar-refractivity contribution < 1.29 is 4.39 Å². The lowest BCUT2D eigenvalue weighted by Gasteiger charge is -2.18. The number of hydrogen-bond acceptors (Lipinski definition) is 5. The maximum atomic E-state index is 13.9. The summed E-state index contributed by atoms with van der Waals surface area (Å²) in [5.74, 6) is 0.216. The van der Waals surface area contributed by atoms with Crippen LogP contribution in [0.1, 0.15) is 0 Å². The molecule has 0 atom stereocenters. The average Bonchev–Trinajstić information content (AvgIpc) is 2.77. The van der Waals surface area contributed by atoms with Gasteiger partial charge in [-0.25, -0.2) is 14.4 Å². The molecular formula is C13H10ClFN4S. The van der Waals surface area contributed by atoms with Gasteiger partial charge in [-0.1, -0.05) is 22.9 Å². The molecule has 0 amide bonds. The van der Waals surface area contributed by atoms with Crippen molar-refractivity contribution in [1.29, 1.82) is 0 Å². The molecule has 0 saturated carbocycles. The van der Waals surface area contributed by atoms with E-state index in [1.807, 2.05) is 6.07 Å². The Labute approximate surface area is 123 Å². The molecule has 20 heavy (non-hydrogen) atoms. The van der Waals surface area contributed by atoms with Gasteiger partial charge in [-0.15, -0.1) is 0 Å². The number of fused-ring (bicyclic) bond motifs is 1. The molecule has 0 bridgehead atoms. The second-order valence-electron chi connectivity index (χ2n) is 4.20. The third-order valence-corrected chi connectivity index (χ3v) is 3.90. The van der Waals surface area contributed by atoms with Crippen LogP contribution in [0.3, 0.4) is 0 Å². The van der Waals surface area contributed by atoms with Crippen LogP contribution in [0, 0.1) is 5.82 Å². The molecule has 0 fully saturated rings. The highest BCUT2D eigenvalue weighted by molar-refractivity contribution is 7.21. The van der Waals surface area contributed by atoms with E-state index in [9.17, 15) is 4.39 Å². The Morgan fingerprint density at radius 2 is 2.05 bits per heavy atom. The van der Waals surface area contributed by atoms with Crippen molar-refractivity contribution in [2.24, 2.45) is 0 Å².